The minimum absolute atomic E-state index is 0.0466. The molecule has 0 bridgehead atoms. The maximum Gasteiger partial charge on any atom is 0.258 e. The number of allylic oxidation sites excluding steroid dienone is 1. The lowest BCUT2D eigenvalue weighted by Crippen LogP contribution is -2.26. The maximum absolute atomic E-state index is 11.9. The zero-order valence-corrected chi connectivity index (χ0v) is 15.1. The van der Waals surface area contributed by atoms with Gasteiger partial charge in [-0.1, -0.05) is 11.6 Å². The fourth-order valence-corrected chi connectivity index (χ4v) is 4.24. The van der Waals surface area contributed by atoms with Crippen molar-refractivity contribution in [2.24, 2.45) is 0 Å². The minimum atomic E-state index is -0.0675. The summed E-state index contributed by atoms with van der Waals surface area (Å²) < 4.78 is 1.53. The largest absolute Gasteiger partial charge is 0.355 e. The smallest absolute Gasteiger partial charge is 0.258 e. The van der Waals surface area contributed by atoms with Gasteiger partial charge < -0.3 is 5.32 Å². The predicted octanol–water partition coefficient (Wildman–Crippen LogP) is 3.00. The first-order valence-electron chi connectivity index (χ1n) is 8.20. The summed E-state index contributed by atoms with van der Waals surface area (Å²) in [7, 11) is 0. The number of hydrogen-bond acceptors (Lipinski definition) is 5. The molecule has 1 aliphatic rings. The highest BCUT2D eigenvalue weighted by atomic mass is 32.2. The first kappa shape index (κ1) is 17.2. The number of rotatable bonds is 7. The molecule has 2 aromatic rings. The number of carbonyl (C=O) groups is 1. The van der Waals surface area contributed by atoms with E-state index in [-0.39, 0.29) is 11.5 Å². The number of fused-ring (bicyclic) bond motifs is 1. The lowest BCUT2D eigenvalue weighted by atomic mass is 9.97. The van der Waals surface area contributed by atoms with Crippen LogP contribution in [0.2, 0.25) is 0 Å². The molecule has 0 saturated heterocycles. The van der Waals surface area contributed by atoms with Gasteiger partial charge in [0, 0.05) is 29.9 Å². The van der Waals surface area contributed by atoms with Crippen LogP contribution in [0.4, 0.5) is 0 Å². The summed E-state index contributed by atoms with van der Waals surface area (Å²) in [4.78, 5) is 28.9. The molecule has 0 spiro atoms. The molecule has 0 fully saturated rings. The van der Waals surface area contributed by atoms with Crippen LogP contribution >= 0.6 is 23.1 Å². The van der Waals surface area contributed by atoms with E-state index in [1.807, 2.05) is 5.38 Å². The van der Waals surface area contributed by atoms with Gasteiger partial charge in [-0.05, 0) is 32.1 Å². The SMILES string of the molecule is O=C(CSCc1cc(=O)n2ccsc2n1)NCCC1=CCCCC1. The number of nitrogens with one attached hydrogen (secondary N) is 1. The number of thiazole rings is 1. The molecule has 5 nitrogen and oxygen atoms in total. The van der Waals surface area contributed by atoms with E-state index >= 15 is 0 Å². The van der Waals surface area contributed by atoms with E-state index in [2.05, 4.69) is 16.4 Å². The third kappa shape index (κ3) is 4.70. The van der Waals surface area contributed by atoms with Crippen molar-refractivity contribution in [1.82, 2.24) is 14.7 Å². The van der Waals surface area contributed by atoms with Crippen molar-refractivity contribution in [2.75, 3.05) is 12.3 Å². The molecular weight excluding hydrogens is 342 g/mol. The van der Waals surface area contributed by atoms with Gasteiger partial charge in [0.15, 0.2) is 4.96 Å². The topological polar surface area (TPSA) is 63.5 Å². The van der Waals surface area contributed by atoms with Crippen molar-refractivity contribution in [3.05, 3.63) is 45.3 Å². The zero-order chi connectivity index (χ0) is 16.8. The van der Waals surface area contributed by atoms with Crippen LogP contribution in [0.5, 0.6) is 0 Å². The van der Waals surface area contributed by atoms with E-state index < -0.39 is 0 Å². The fourth-order valence-electron chi connectivity index (χ4n) is 2.76. The summed E-state index contributed by atoms with van der Waals surface area (Å²) in [5.41, 5.74) is 2.14. The lowest BCUT2D eigenvalue weighted by Gasteiger charge is -2.12. The van der Waals surface area contributed by atoms with Gasteiger partial charge in [-0.3, -0.25) is 14.0 Å². The van der Waals surface area contributed by atoms with Gasteiger partial charge >= 0.3 is 0 Å². The van der Waals surface area contributed by atoms with Gasteiger partial charge in [0.05, 0.1) is 11.4 Å². The molecule has 0 radical (unpaired) electrons. The highest BCUT2D eigenvalue weighted by Gasteiger charge is 2.07. The van der Waals surface area contributed by atoms with Crippen LogP contribution in [0.3, 0.4) is 0 Å². The standard InChI is InChI=1S/C17H21N3O2S2/c21-15(18-7-6-13-4-2-1-3-5-13)12-23-11-14-10-16(22)20-8-9-24-17(20)19-14/h4,8-10H,1-3,5-7,11-12H2,(H,18,21). The highest BCUT2D eigenvalue weighted by molar-refractivity contribution is 7.99. The zero-order valence-electron chi connectivity index (χ0n) is 13.5. The molecule has 1 amide bonds. The van der Waals surface area contributed by atoms with Crippen molar-refractivity contribution in [3.8, 4) is 0 Å². The number of carbonyl (C=O) groups excluding carboxylic acids is 1. The lowest BCUT2D eigenvalue weighted by molar-refractivity contribution is -0.118. The molecule has 0 aromatic carbocycles. The predicted molar refractivity (Wildman–Crippen MR) is 99.7 cm³/mol. The molecular formula is C17H21N3O2S2. The number of thioether (sulfide) groups is 1. The van der Waals surface area contributed by atoms with E-state index in [9.17, 15) is 9.59 Å². The first-order chi connectivity index (χ1) is 11.7. The summed E-state index contributed by atoms with van der Waals surface area (Å²) >= 11 is 2.93. The third-order valence-corrected chi connectivity index (χ3v) is 5.72. The van der Waals surface area contributed by atoms with Crippen molar-refractivity contribution >= 4 is 34.0 Å². The highest BCUT2D eigenvalue weighted by Crippen LogP contribution is 2.19. The van der Waals surface area contributed by atoms with E-state index in [4.69, 9.17) is 0 Å². The van der Waals surface area contributed by atoms with Crippen LogP contribution in [0.1, 0.15) is 37.8 Å². The number of aromatic nitrogens is 2. The Kier molecular flexibility index (Phi) is 6.09. The third-order valence-electron chi connectivity index (χ3n) is 3.99. The molecule has 0 saturated carbocycles. The Balaban J connectivity index is 1.39. The summed E-state index contributed by atoms with van der Waals surface area (Å²) in [6.07, 6.45) is 9.93. The number of hydrogen-bond donors (Lipinski definition) is 1. The normalized spacial score (nSPS) is 14.6. The summed E-state index contributed by atoms with van der Waals surface area (Å²) in [5, 5.41) is 4.81. The second kappa shape index (κ2) is 8.48. The molecule has 2 heterocycles. The van der Waals surface area contributed by atoms with Crippen molar-refractivity contribution in [3.63, 3.8) is 0 Å². The maximum atomic E-state index is 11.9. The van der Waals surface area contributed by atoms with Crippen LogP contribution in [0.15, 0.2) is 34.1 Å². The Hall–Kier alpha value is -1.60. The Bertz CT molecular complexity index is 794. The van der Waals surface area contributed by atoms with Crippen LogP contribution < -0.4 is 10.9 Å². The van der Waals surface area contributed by atoms with Crippen LogP contribution in [0, 0.1) is 0 Å². The van der Waals surface area contributed by atoms with E-state index in [1.165, 1.54) is 58.8 Å². The molecule has 24 heavy (non-hydrogen) atoms. The summed E-state index contributed by atoms with van der Waals surface area (Å²) in [6.45, 7) is 0.714. The van der Waals surface area contributed by atoms with Gasteiger partial charge in [-0.15, -0.1) is 23.1 Å². The van der Waals surface area contributed by atoms with Gasteiger partial charge in [-0.25, -0.2) is 4.98 Å². The molecule has 1 aliphatic carbocycles. The van der Waals surface area contributed by atoms with Gasteiger partial charge in [0.25, 0.3) is 5.56 Å². The minimum Gasteiger partial charge on any atom is -0.355 e. The number of amides is 1. The monoisotopic (exact) mass is 363 g/mol. The molecule has 2 aromatic heterocycles. The summed E-state index contributed by atoms with van der Waals surface area (Å²) in [5.74, 6) is 1.01. The average molecular weight is 364 g/mol. The quantitative estimate of drug-likeness (QED) is 0.768. The van der Waals surface area contributed by atoms with Crippen LogP contribution in [-0.2, 0) is 10.5 Å². The molecule has 0 atom stereocenters. The van der Waals surface area contributed by atoms with Gasteiger partial charge in [0.1, 0.15) is 0 Å². The molecule has 7 heteroatoms. The van der Waals surface area contributed by atoms with E-state index in [0.717, 1.165) is 12.1 Å². The molecule has 1 N–H and O–H groups in total. The molecule has 3 rings (SSSR count). The molecule has 0 aliphatic heterocycles. The van der Waals surface area contributed by atoms with Crippen molar-refractivity contribution in [1.29, 1.82) is 0 Å². The fraction of sp³-hybridized carbons (Fsp3) is 0.471. The Morgan fingerprint density at radius 3 is 3.17 bits per heavy atom. The molecule has 128 valence electrons. The Labute approximate surface area is 149 Å². The van der Waals surface area contributed by atoms with Gasteiger partial charge in [0.2, 0.25) is 5.91 Å². The summed E-state index contributed by atoms with van der Waals surface area (Å²) in [6, 6.07) is 1.54. The van der Waals surface area contributed by atoms with Crippen LogP contribution in [0.25, 0.3) is 4.96 Å². The molecule has 0 unspecified atom stereocenters. The first-order valence-corrected chi connectivity index (χ1v) is 10.2. The van der Waals surface area contributed by atoms with Crippen molar-refractivity contribution < 1.29 is 4.79 Å². The second-order valence-electron chi connectivity index (χ2n) is 5.84. The second-order valence-corrected chi connectivity index (χ2v) is 7.70. The Morgan fingerprint density at radius 2 is 2.33 bits per heavy atom. The van der Waals surface area contributed by atoms with E-state index in [0.29, 0.717) is 23.0 Å². The average Bonchev–Trinajstić information content (AvgIpc) is 3.05. The number of nitrogens with zero attached hydrogens (tertiary/aromatic N) is 2. The van der Waals surface area contributed by atoms with Crippen molar-refractivity contribution in [2.45, 2.75) is 37.9 Å². The van der Waals surface area contributed by atoms with Crippen LogP contribution in [-0.4, -0.2) is 27.6 Å². The van der Waals surface area contributed by atoms with Gasteiger partial charge in [-0.2, -0.15) is 0 Å². The van der Waals surface area contributed by atoms with E-state index in [1.54, 1.807) is 12.3 Å². The Morgan fingerprint density at radius 1 is 1.42 bits per heavy atom.